The van der Waals surface area contributed by atoms with Crippen LogP contribution in [0.3, 0.4) is 0 Å². The monoisotopic (exact) mass is 453 g/mol. The van der Waals surface area contributed by atoms with E-state index in [4.69, 9.17) is 5.14 Å². The maximum Gasteiger partial charge on any atom is 0.241 e. The third-order valence-corrected chi connectivity index (χ3v) is 5.79. The molecule has 1 fully saturated rings. The number of nitrogens with one attached hydrogen (secondary N) is 2. The number of imidazole rings is 1. The Labute approximate surface area is 170 Å². The molecule has 0 spiro atoms. The average molecular weight is 454 g/mol. The Morgan fingerprint density at radius 2 is 2.11 bits per heavy atom. The van der Waals surface area contributed by atoms with Gasteiger partial charge in [-0.3, -0.25) is 4.79 Å². The molecule has 4 N–H and O–H groups in total. The predicted octanol–water partition coefficient (Wildman–Crippen LogP) is 2.65. The van der Waals surface area contributed by atoms with Crippen LogP contribution in [0, 0.1) is 5.92 Å². The molecule has 1 aliphatic rings. The highest BCUT2D eigenvalue weighted by atomic mass is 79.9. The number of hydrogen-bond acceptors (Lipinski definition) is 3. The van der Waals surface area contributed by atoms with Crippen molar-refractivity contribution in [3.63, 3.8) is 0 Å². The van der Waals surface area contributed by atoms with Gasteiger partial charge in [-0.1, -0.05) is 41.9 Å². The molecule has 0 aliphatic carbocycles. The molecule has 7 nitrogen and oxygen atoms in total. The molecule has 3 atom stereocenters. The fourth-order valence-corrected chi connectivity index (χ4v) is 4.26. The van der Waals surface area contributed by atoms with Crippen LogP contribution in [0.25, 0.3) is 11.3 Å². The highest BCUT2D eigenvalue weighted by molar-refractivity contribution is 9.10. The molecule has 2 aromatic rings. The third-order valence-electron chi connectivity index (χ3n) is 4.78. The summed E-state index contributed by atoms with van der Waals surface area (Å²) >= 11 is 1.70. The van der Waals surface area contributed by atoms with Gasteiger partial charge in [-0.25, -0.2) is 19.1 Å². The fraction of sp³-hybridized carbons (Fsp3) is 0.444. The number of hydrogen-bond donors (Lipinski definition) is 3. The minimum atomic E-state index is -1.74. The SMILES string of the molecule is CC(C)[C@H](NS(N)=O)C(=O)N1CCC[C@H]1c1ncc(-c2ccc(Br)cc2)[nH]1. The summed E-state index contributed by atoms with van der Waals surface area (Å²) in [6.45, 7) is 4.47. The Bertz CT molecular complexity index is 823. The number of nitrogens with zero attached hydrogens (tertiary/aromatic N) is 2. The summed E-state index contributed by atoms with van der Waals surface area (Å²) in [5.74, 6) is 0.657. The van der Waals surface area contributed by atoms with Gasteiger partial charge >= 0.3 is 0 Å². The van der Waals surface area contributed by atoms with Crippen LogP contribution >= 0.6 is 15.9 Å². The number of amides is 1. The van der Waals surface area contributed by atoms with Crippen molar-refractivity contribution in [1.82, 2.24) is 19.6 Å². The molecule has 27 heavy (non-hydrogen) atoms. The summed E-state index contributed by atoms with van der Waals surface area (Å²) in [5, 5.41) is 5.36. The molecule has 1 unspecified atom stereocenters. The molecule has 9 heteroatoms. The number of aromatic nitrogens is 2. The van der Waals surface area contributed by atoms with Gasteiger partial charge in [0.25, 0.3) is 0 Å². The Kier molecular flexibility index (Phi) is 6.46. The Balaban J connectivity index is 1.81. The smallest absolute Gasteiger partial charge is 0.241 e. The lowest BCUT2D eigenvalue weighted by Crippen LogP contribution is -2.50. The Hall–Kier alpha value is -1.55. The zero-order valence-corrected chi connectivity index (χ0v) is 17.7. The Morgan fingerprint density at radius 1 is 1.41 bits per heavy atom. The second-order valence-electron chi connectivity index (χ2n) is 7.02. The molecule has 0 saturated carbocycles. The largest absolute Gasteiger partial charge is 0.340 e. The minimum Gasteiger partial charge on any atom is -0.340 e. The molecule has 3 rings (SSSR count). The molecule has 1 saturated heterocycles. The standard InChI is InChI=1S/C18H24BrN5O2S/c1-11(2)16(23-27(20)26)18(25)24-9-3-4-15(24)17-21-10-14(22-17)12-5-7-13(19)8-6-12/h5-8,10-11,15-16,23H,3-4,9,20H2,1-2H3,(H,21,22)/t15-,16-,27?/m0/s1. The molecule has 2 heterocycles. The van der Waals surface area contributed by atoms with Gasteiger partial charge in [-0.2, -0.15) is 0 Å². The molecule has 0 bridgehead atoms. The molecule has 1 amide bonds. The highest BCUT2D eigenvalue weighted by Crippen LogP contribution is 2.32. The zero-order chi connectivity index (χ0) is 19.6. The van der Waals surface area contributed by atoms with Crippen molar-refractivity contribution in [3.8, 4) is 11.3 Å². The van der Waals surface area contributed by atoms with Crippen molar-refractivity contribution < 1.29 is 9.00 Å². The first kappa shape index (κ1) is 20.2. The number of carbonyl (C=O) groups excluding carboxylic acids is 1. The lowest BCUT2D eigenvalue weighted by Gasteiger charge is -2.29. The lowest BCUT2D eigenvalue weighted by atomic mass is 10.0. The zero-order valence-electron chi connectivity index (χ0n) is 15.3. The minimum absolute atomic E-state index is 0.0267. The predicted molar refractivity (Wildman–Crippen MR) is 110 cm³/mol. The quantitative estimate of drug-likeness (QED) is 0.625. The number of halogens is 1. The van der Waals surface area contributed by atoms with Crippen LogP contribution in [0.15, 0.2) is 34.9 Å². The van der Waals surface area contributed by atoms with E-state index in [0.29, 0.717) is 6.54 Å². The molecule has 1 aromatic heterocycles. The highest BCUT2D eigenvalue weighted by Gasteiger charge is 2.37. The number of aromatic amines is 1. The van der Waals surface area contributed by atoms with Crippen molar-refractivity contribution in [2.45, 2.75) is 38.8 Å². The summed E-state index contributed by atoms with van der Waals surface area (Å²) in [6, 6.07) is 7.27. The van der Waals surface area contributed by atoms with Crippen molar-refractivity contribution in [2.24, 2.45) is 11.1 Å². The van der Waals surface area contributed by atoms with Crippen molar-refractivity contribution in [3.05, 3.63) is 40.8 Å². The van der Waals surface area contributed by atoms with E-state index < -0.39 is 17.2 Å². The molecule has 1 aliphatic heterocycles. The Morgan fingerprint density at radius 3 is 2.74 bits per heavy atom. The number of benzene rings is 1. The topological polar surface area (TPSA) is 104 Å². The maximum atomic E-state index is 13.0. The van der Waals surface area contributed by atoms with E-state index in [9.17, 15) is 9.00 Å². The first-order valence-corrected chi connectivity index (χ1v) is 10.9. The summed E-state index contributed by atoms with van der Waals surface area (Å²) in [7, 11) is 0. The molecular formula is C18H24BrN5O2S. The van der Waals surface area contributed by atoms with Gasteiger partial charge in [0, 0.05) is 11.0 Å². The van der Waals surface area contributed by atoms with Crippen LogP contribution in [0.1, 0.15) is 38.6 Å². The average Bonchev–Trinajstić information content (AvgIpc) is 3.28. The van der Waals surface area contributed by atoms with E-state index in [2.05, 4.69) is 30.6 Å². The number of likely N-dealkylation sites (tertiary alicyclic amines) is 1. The van der Waals surface area contributed by atoms with E-state index >= 15 is 0 Å². The van der Waals surface area contributed by atoms with Gasteiger partial charge < -0.3 is 9.88 Å². The van der Waals surface area contributed by atoms with Gasteiger partial charge in [0.2, 0.25) is 5.91 Å². The van der Waals surface area contributed by atoms with E-state index in [1.54, 1.807) is 6.20 Å². The molecule has 1 aromatic carbocycles. The van der Waals surface area contributed by atoms with Gasteiger partial charge in [0.05, 0.1) is 17.9 Å². The summed E-state index contributed by atoms with van der Waals surface area (Å²) in [4.78, 5) is 22.7. The molecule has 0 radical (unpaired) electrons. The van der Waals surface area contributed by atoms with Crippen LogP contribution in [0.5, 0.6) is 0 Å². The van der Waals surface area contributed by atoms with Crippen molar-refractivity contribution in [2.75, 3.05) is 6.54 Å². The fourth-order valence-electron chi connectivity index (χ4n) is 3.37. The molecule has 146 valence electrons. The molecular weight excluding hydrogens is 430 g/mol. The van der Waals surface area contributed by atoms with Crippen LogP contribution in [-0.4, -0.2) is 37.6 Å². The van der Waals surface area contributed by atoms with Gasteiger partial charge in [0.1, 0.15) is 11.9 Å². The summed E-state index contributed by atoms with van der Waals surface area (Å²) in [5.41, 5.74) is 1.95. The normalized spacial score (nSPS) is 19.4. The number of nitrogens with two attached hydrogens (primary N) is 1. The summed E-state index contributed by atoms with van der Waals surface area (Å²) in [6.07, 6.45) is 3.55. The van der Waals surface area contributed by atoms with E-state index in [-0.39, 0.29) is 17.9 Å². The first-order chi connectivity index (χ1) is 12.9. The van der Waals surface area contributed by atoms with E-state index in [1.165, 1.54) is 0 Å². The number of H-pyrrole nitrogens is 1. The van der Waals surface area contributed by atoms with Crippen molar-refractivity contribution >= 4 is 33.0 Å². The van der Waals surface area contributed by atoms with Crippen LogP contribution in [0.2, 0.25) is 0 Å². The second-order valence-corrected chi connectivity index (χ2v) is 8.76. The first-order valence-electron chi connectivity index (χ1n) is 8.90. The maximum absolute atomic E-state index is 13.0. The second kappa shape index (κ2) is 8.64. The van der Waals surface area contributed by atoms with Crippen LogP contribution < -0.4 is 9.86 Å². The number of carbonyl (C=O) groups is 1. The van der Waals surface area contributed by atoms with Gasteiger partial charge in [-0.15, -0.1) is 0 Å². The summed E-state index contributed by atoms with van der Waals surface area (Å²) < 4.78 is 15.1. The third kappa shape index (κ3) is 4.66. The number of rotatable bonds is 6. The van der Waals surface area contributed by atoms with Crippen LogP contribution in [-0.2, 0) is 16.0 Å². The van der Waals surface area contributed by atoms with E-state index in [0.717, 1.165) is 34.4 Å². The van der Waals surface area contributed by atoms with E-state index in [1.807, 2.05) is 43.0 Å². The van der Waals surface area contributed by atoms with Gasteiger partial charge in [0.15, 0.2) is 11.2 Å². The lowest BCUT2D eigenvalue weighted by molar-refractivity contribution is -0.135. The van der Waals surface area contributed by atoms with Gasteiger partial charge in [-0.05, 0) is 36.5 Å². The van der Waals surface area contributed by atoms with Crippen LogP contribution in [0.4, 0.5) is 0 Å². The van der Waals surface area contributed by atoms with Crippen molar-refractivity contribution in [1.29, 1.82) is 0 Å².